The minimum Gasteiger partial charge on any atom is -0.385 e. The number of carbonyl (C=O) groups excluding carboxylic acids is 1. The molecule has 0 bridgehead atoms. The molecule has 1 saturated carbocycles. The quantitative estimate of drug-likeness (QED) is 0.580. The standard InChI is InChI=1S/C7H6Cl2O2/c8-7(9)3-1-2-4(10)6(11)5(3)7/h1-3,5-6,11H/t3-,5+,6-/m1/s1. The molecule has 3 atom stereocenters. The van der Waals surface area contributed by atoms with Gasteiger partial charge in [-0.15, -0.1) is 23.2 Å². The molecular weight excluding hydrogens is 187 g/mol. The number of rotatable bonds is 0. The van der Waals surface area contributed by atoms with Crippen LogP contribution in [0.3, 0.4) is 0 Å². The number of ketones is 1. The van der Waals surface area contributed by atoms with Crippen LogP contribution < -0.4 is 0 Å². The summed E-state index contributed by atoms with van der Waals surface area (Å²) in [6.07, 6.45) is 2.01. The molecule has 0 heterocycles. The van der Waals surface area contributed by atoms with Gasteiger partial charge >= 0.3 is 0 Å². The van der Waals surface area contributed by atoms with Crippen LogP contribution in [-0.4, -0.2) is 21.3 Å². The van der Waals surface area contributed by atoms with Crippen molar-refractivity contribution in [2.45, 2.75) is 10.4 Å². The van der Waals surface area contributed by atoms with E-state index in [0.29, 0.717) is 0 Å². The molecule has 0 aromatic rings. The average Bonchev–Trinajstić information content (AvgIpc) is 2.46. The molecule has 0 spiro atoms. The second-order valence-electron chi connectivity index (χ2n) is 2.93. The van der Waals surface area contributed by atoms with Crippen LogP contribution in [0.15, 0.2) is 12.2 Å². The molecular formula is C7H6Cl2O2. The van der Waals surface area contributed by atoms with Gasteiger partial charge in [0.25, 0.3) is 0 Å². The van der Waals surface area contributed by atoms with Gasteiger partial charge in [-0.25, -0.2) is 0 Å². The highest BCUT2D eigenvalue weighted by Crippen LogP contribution is 2.62. The van der Waals surface area contributed by atoms with Crippen LogP contribution >= 0.6 is 23.2 Å². The van der Waals surface area contributed by atoms with Crippen LogP contribution in [0.1, 0.15) is 0 Å². The zero-order valence-electron chi connectivity index (χ0n) is 5.50. The summed E-state index contributed by atoms with van der Waals surface area (Å²) in [6.45, 7) is 0. The van der Waals surface area contributed by atoms with Crippen molar-refractivity contribution in [3.63, 3.8) is 0 Å². The van der Waals surface area contributed by atoms with Crippen molar-refractivity contribution in [2.24, 2.45) is 11.8 Å². The number of hydrogen-bond acceptors (Lipinski definition) is 2. The number of alkyl halides is 2. The maximum absolute atomic E-state index is 10.9. The molecule has 2 rings (SSSR count). The molecule has 0 aliphatic heterocycles. The van der Waals surface area contributed by atoms with Crippen LogP contribution in [0, 0.1) is 11.8 Å². The van der Waals surface area contributed by atoms with Crippen LogP contribution in [0.4, 0.5) is 0 Å². The van der Waals surface area contributed by atoms with E-state index in [2.05, 4.69) is 0 Å². The number of aliphatic hydroxyl groups excluding tert-OH is 1. The van der Waals surface area contributed by atoms with E-state index in [-0.39, 0.29) is 17.6 Å². The summed E-state index contributed by atoms with van der Waals surface area (Å²) in [5, 5.41) is 9.25. The molecule has 60 valence electrons. The molecule has 1 fully saturated rings. The zero-order chi connectivity index (χ0) is 8.22. The van der Waals surface area contributed by atoms with Gasteiger partial charge in [-0.3, -0.25) is 4.79 Å². The molecule has 1 N–H and O–H groups in total. The first-order valence-electron chi connectivity index (χ1n) is 3.33. The zero-order valence-corrected chi connectivity index (χ0v) is 7.01. The summed E-state index contributed by atoms with van der Waals surface area (Å²) in [7, 11) is 0. The lowest BCUT2D eigenvalue weighted by Gasteiger charge is -2.07. The third kappa shape index (κ3) is 0.866. The van der Waals surface area contributed by atoms with Crippen molar-refractivity contribution in [1.29, 1.82) is 0 Å². The molecule has 2 aliphatic rings. The van der Waals surface area contributed by atoms with Crippen molar-refractivity contribution in [3.05, 3.63) is 12.2 Å². The Morgan fingerprint density at radius 1 is 1.55 bits per heavy atom. The fourth-order valence-electron chi connectivity index (χ4n) is 1.50. The average molecular weight is 193 g/mol. The van der Waals surface area contributed by atoms with E-state index in [1.807, 2.05) is 0 Å². The van der Waals surface area contributed by atoms with E-state index in [9.17, 15) is 9.90 Å². The van der Waals surface area contributed by atoms with Gasteiger partial charge in [0.05, 0.1) is 0 Å². The van der Waals surface area contributed by atoms with Crippen molar-refractivity contribution in [3.8, 4) is 0 Å². The van der Waals surface area contributed by atoms with Gasteiger partial charge in [0.15, 0.2) is 5.78 Å². The molecule has 2 aliphatic carbocycles. The van der Waals surface area contributed by atoms with Crippen LogP contribution in [0.25, 0.3) is 0 Å². The molecule has 0 radical (unpaired) electrons. The molecule has 4 heteroatoms. The van der Waals surface area contributed by atoms with E-state index in [0.717, 1.165) is 0 Å². The van der Waals surface area contributed by atoms with Crippen LogP contribution in [-0.2, 0) is 4.79 Å². The Morgan fingerprint density at radius 2 is 2.18 bits per heavy atom. The van der Waals surface area contributed by atoms with Gasteiger partial charge in [-0.05, 0) is 6.08 Å². The SMILES string of the molecule is O=C1C=C[C@@H]2[C@@H]([C@@H]1O)C2(Cl)Cl. The molecule has 0 unspecified atom stereocenters. The highest BCUT2D eigenvalue weighted by atomic mass is 35.5. The fourth-order valence-corrected chi connectivity index (χ4v) is 2.31. The Hall–Kier alpha value is -0.0500. The summed E-state index contributed by atoms with van der Waals surface area (Å²) in [4.78, 5) is 10.9. The first-order valence-corrected chi connectivity index (χ1v) is 4.08. The summed E-state index contributed by atoms with van der Waals surface area (Å²) in [5.74, 6) is -0.628. The van der Waals surface area contributed by atoms with Gasteiger partial charge in [-0.1, -0.05) is 6.08 Å². The van der Waals surface area contributed by atoms with Crippen molar-refractivity contribution in [2.75, 3.05) is 0 Å². The lowest BCUT2D eigenvalue weighted by atomic mass is 10.0. The van der Waals surface area contributed by atoms with Crippen molar-refractivity contribution >= 4 is 29.0 Å². The molecule has 2 nitrogen and oxygen atoms in total. The third-order valence-corrected chi connectivity index (χ3v) is 3.27. The summed E-state index contributed by atoms with van der Waals surface area (Å²) in [6, 6.07) is 0. The third-order valence-electron chi connectivity index (χ3n) is 2.27. The predicted molar refractivity (Wildman–Crippen MR) is 41.6 cm³/mol. The topological polar surface area (TPSA) is 37.3 Å². The minimum atomic E-state index is -1.00. The first kappa shape index (κ1) is 7.59. The van der Waals surface area contributed by atoms with E-state index < -0.39 is 10.4 Å². The van der Waals surface area contributed by atoms with Crippen molar-refractivity contribution < 1.29 is 9.90 Å². The second-order valence-corrected chi connectivity index (χ2v) is 4.38. The lowest BCUT2D eigenvalue weighted by Crippen LogP contribution is -2.24. The first-order chi connectivity index (χ1) is 5.05. The number of hydrogen-bond donors (Lipinski definition) is 1. The molecule has 0 aromatic heterocycles. The van der Waals surface area contributed by atoms with E-state index in [4.69, 9.17) is 23.2 Å². The monoisotopic (exact) mass is 192 g/mol. The van der Waals surface area contributed by atoms with Gasteiger partial charge in [-0.2, -0.15) is 0 Å². The second kappa shape index (κ2) is 2.00. The Kier molecular flexibility index (Phi) is 1.38. The Bertz CT molecular complexity index is 245. The Balaban J connectivity index is 2.30. The number of allylic oxidation sites excluding steroid dienone is 1. The van der Waals surface area contributed by atoms with Gasteiger partial charge in [0, 0.05) is 11.8 Å². The number of fused-ring (bicyclic) bond motifs is 1. The number of halogens is 2. The molecule has 11 heavy (non-hydrogen) atoms. The molecule has 0 amide bonds. The number of carbonyl (C=O) groups is 1. The maximum Gasteiger partial charge on any atom is 0.184 e. The largest absolute Gasteiger partial charge is 0.385 e. The highest BCUT2D eigenvalue weighted by Gasteiger charge is 2.67. The lowest BCUT2D eigenvalue weighted by molar-refractivity contribution is -0.123. The fraction of sp³-hybridized carbons (Fsp3) is 0.571. The smallest absolute Gasteiger partial charge is 0.184 e. The van der Waals surface area contributed by atoms with Gasteiger partial charge < -0.3 is 5.11 Å². The Morgan fingerprint density at radius 3 is 2.73 bits per heavy atom. The van der Waals surface area contributed by atoms with Gasteiger partial charge in [0.1, 0.15) is 10.4 Å². The maximum atomic E-state index is 10.9. The summed E-state index contributed by atoms with van der Waals surface area (Å²) < 4.78 is -0.915. The van der Waals surface area contributed by atoms with Gasteiger partial charge in [0.2, 0.25) is 0 Å². The normalized spacial score (nSPS) is 45.4. The molecule has 0 saturated heterocycles. The van der Waals surface area contributed by atoms with Crippen LogP contribution in [0.5, 0.6) is 0 Å². The minimum absolute atomic E-state index is 0.0430. The summed E-state index contributed by atoms with van der Waals surface area (Å²) >= 11 is 11.6. The predicted octanol–water partition coefficient (Wildman–Crippen LogP) is 0.906. The summed E-state index contributed by atoms with van der Waals surface area (Å²) in [5.41, 5.74) is 0. The Labute approximate surface area is 73.8 Å². The highest BCUT2D eigenvalue weighted by molar-refractivity contribution is 6.51. The number of aliphatic hydroxyl groups is 1. The van der Waals surface area contributed by atoms with E-state index >= 15 is 0 Å². The van der Waals surface area contributed by atoms with E-state index in [1.165, 1.54) is 6.08 Å². The van der Waals surface area contributed by atoms with E-state index in [1.54, 1.807) is 6.08 Å². The molecule has 0 aromatic carbocycles. The van der Waals surface area contributed by atoms with Crippen LogP contribution in [0.2, 0.25) is 0 Å². The van der Waals surface area contributed by atoms with Crippen molar-refractivity contribution in [1.82, 2.24) is 0 Å².